The Morgan fingerprint density at radius 1 is 1.03 bits per heavy atom. The lowest BCUT2D eigenvalue weighted by Crippen LogP contribution is -2.36. The van der Waals surface area contributed by atoms with Gasteiger partial charge < -0.3 is 19.1 Å². The fourth-order valence-electron chi connectivity index (χ4n) is 3.79. The molecule has 4 rings (SSSR count). The van der Waals surface area contributed by atoms with E-state index in [1.807, 2.05) is 0 Å². The quantitative estimate of drug-likeness (QED) is 0.453. The van der Waals surface area contributed by atoms with E-state index >= 15 is 0 Å². The second-order valence-corrected chi connectivity index (χ2v) is 7.97. The maximum atomic E-state index is 13.2. The summed E-state index contributed by atoms with van der Waals surface area (Å²) in [5, 5.41) is 0. The number of nitrogens with one attached hydrogen (secondary N) is 2. The molecule has 3 aromatic rings. The summed E-state index contributed by atoms with van der Waals surface area (Å²) in [5.41, 5.74) is 7.53. The summed E-state index contributed by atoms with van der Waals surface area (Å²) < 4.78 is 29.6. The van der Waals surface area contributed by atoms with Crippen LogP contribution in [-0.4, -0.2) is 32.6 Å². The summed E-state index contributed by atoms with van der Waals surface area (Å²) in [5.74, 6) is 0.254. The molecule has 2 N–H and O–H groups in total. The zero-order chi connectivity index (χ0) is 24.8. The minimum Gasteiger partial charge on any atom is -0.497 e. The van der Waals surface area contributed by atoms with Crippen molar-refractivity contribution in [2.45, 2.75) is 13.0 Å². The number of benzene rings is 3. The molecule has 1 aliphatic rings. The van der Waals surface area contributed by atoms with Crippen molar-refractivity contribution in [3.05, 3.63) is 78.1 Å². The first-order valence-electron chi connectivity index (χ1n) is 11.0. The molecule has 8 nitrogen and oxygen atoms in total. The number of anilines is 2. The Balaban J connectivity index is 1.40. The van der Waals surface area contributed by atoms with Crippen molar-refractivity contribution in [1.29, 1.82) is 0 Å². The van der Waals surface area contributed by atoms with E-state index in [0.717, 1.165) is 5.56 Å². The molecule has 1 atom stereocenters. The first kappa shape index (κ1) is 23.9. The van der Waals surface area contributed by atoms with E-state index < -0.39 is 5.92 Å². The molecule has 1 aliphatic heterocycles. The van der Waals surface area contributed by atoms with Gasteiger partial charge in [0.15, 0.2) is 11.5 Å². The van der Waals surface area contributed by atoms with Crippen LogP contribution >= 0.6 is 0 Å². The van der Waals surface area contributed by atoms with Crippen LogP contribution < -0.4 is 30.0 Å². The van der Waals surface area contributed by atoms with Gasteiger partial charge in [-0.2, -0.15) is 0 Å². The molecule has 0 aromatic heterocycles. The van der Waals surface area contributed by atoms with Gasteiger partial charge in [-0.05, 0) is 54.1 Å². The molecule has 35 heavy (non-hydrogen) atoms. The van der Waals surface area contributed by atoms with E-state index in [1.54, 1.807) is 66.6 Å². The number of hydrogen-bond acceptors (Lipinski definition) is 6. The SMILES string of the molecule is COc1ccc(N2C[C@H](C(=O)NNc3cccc(OC)c3OCc3ccc(F)cc3)CC2=O)cc1. The van der Waals surface area contributed by atoms with Crippen molar-refractivity contribution >= 4 is 23.2 Å². The van der Waals surface area contributed by atoms with Gasteiger partial charge in [-0.3, -0.25) is 20.4 Å². The lowest BCUT2D eigenvalue weighted by molar-refractivity contribution is -0.125. The van der Waals surface area contributed by atoms with Crippen molar-refractivity contribution < 1.29 is 28.2 Å². The predicted octanol–water partition coefficient (Wildman–Crippen LogP) is 3.92. The summed E-state index contributed by atoms with van der Waals surface area (Å²) >= 11 is 0. The highest BCUT2D eigenvalue weighted by Gasteiger charge is 2.35. The molecule has 9 heteroatoms. The van der Waals surface area contributed by atoms with Crippen molar-refractivity contribution in [2.24, 2.45) is 5.92 Å². The Bertz CT molecular complexity index is 1180. The Labute approximate surface area is 202 Å². The van der Waals surface area contributed by atoms with Crippen LogP contribution in [0, 0.1) is 11.7 Å². The standard InChI is InChI=1S/C26H26FN3O5/c1-33-21-12-10-20(11-13-21)30-15-18(14-24(30)31)26(32)29-28-22-4-3-5-23(34-2)25(22)35-16-17-6-8-19(27)9-7-17/h3-13,18,28H,14-16H2,1-2H3,(H,29,32)/t18-/m1/s1. The monoisotopic (exact) mass is 479 g/mol. The lowest BCUT2D eigenvalue weighted by Gasteiger charge is -2.19. The molecule has 2 amide bonds. The molecule has 3 aromatic carbocycles. The molecule has 0 radical (unpaired) electrons. The van der Waals surface area contributed by atoms with Gasteiger partial charge in [-0.25, -0.2) is 4.39 Å². The van der Waals surface area contributed by atoms with Crippen LogP contribution in [0.5, 0.6) is 17.2 Å². The van der Waals surface area contributed by atoms with Crippen LogP contribution in [0.3, 0.4) is 0 Å². The summed E-state index contributed by atoms with van der Waals surface area (Å²) in [7, 11) is 3.09. The average molecular weight is 480 g/mol. The van der Waals surface area contributed by atoms with Crippen molar-refractivity contribution in [1.82, 2.24) is 5.43 Å². The molecular formula is C26H26FN3O5. The maximum absolute atomic E-state index is 13.2. The van der Waals surface area contributed by atoms with E-state index in [4.69, 9.17) is 14.2 Å². The van der Waals surface area contributed by atoms with Crippen molar-refractivity contribution in [3.8, 4) is 17.2 Å². The minimum atomic E-state index is -0.522. The van der Waals surface area contributed by atoms with Gasteiger partial charge in [-0.1, -0.05) is 18.2 Å². The van der Waals surface area contributed by atoms with E-state index in [2.05, 4.69) is 10.9 Å². The number of halogens is 1. The first-order valence-corrected chi connectivity index (χ1v) is 11.0. The summed E-state index contributed by atoms with van der Waals surface area (Å²) in [6, 6.07) is 18.3. The highest BCUT2D eigenvalue weighted by Crippen LogP contribution is 2.35. The van der Waals surface area contributed by atoms with E-state index in [1.165, 1.54) is 19.2 Å². The fourth-order valence-corrected chi connectivity index (χ4v) is 3.79. The third-order valence-corrected chi connectivity index (χ3v) is 5.70. The summed E-state index contributed by atoms with van der Waals surface area (Å²) in [6.45, 7) is 0.446. The molecule has 1 heterocycles. The summed E-state index contributed by atoms with van der Waals surface area (Å²) in [4.78, 5) is 27.0. The van der Waals surface area contributed by atoms with Gasteiger partial charge in [0, 0.05) is 18.7 Å². The van der Waals surface area contributed by atoms with Gasteiger partial charge in [0.25, 0.3) is 0 Å². The van der Waals surface area contributed by atoms with Crippen molar-refractivity contribution in [2.75, 3.05) is 31.1 Å². The topological polar surface area (TPSA) is 89.1 Å². The Kier molecular flexibility index (Phi) is 7.35. The van der Waals surface area contributed by atoms with E-state index in [-0.39, 0.29) is 37.2 Å². The van der Waals surface area contributed by atoms with Gasteiger partial charge in [-0.15, -0.1) is 0 Å². The molecule has 1 saturated heterocycles. The Morgan fingerprint density at radius 2 is 1.77 bits per heavy atom. The van der Waals surface area contributed by atoms with Crippen LogP contribution in [-0.2, 0) is 16.2 Å². The molecule has 1 fully saturated rings. The zero-order valence-corrected chi connectivity index (χ0v) is 19.4. The number of carbonyl (C=O) groups is 2. The number of rotatable bonds is 9. The lowest BCUT2D eigenvalue weighted by atomic mass is 10.1. The van der Waals surface area contributed by atoms with Gasteiger partial charge in [0.1, 0.15) is 18.2 Å². The van der Waals surface area contributed by atoms with Crippen LogP contribution in [0.4, 0.5) is 15.8 Å². The molecule has 182 valence electrons. The highest BCUT2D eigenvalue weighted by molar-refractivity contribution is 6.00. The molecule has 0 spiro atoms. The molecule has 0 aliphatic carbocycles. The number of ether oxygens (including phenoxy) is 3. The molecular weight excluding hydrogens is 453 g/mol. The zero-order valence-electron chi connectivity index (χ0n) is 19.4. The fraction of sp³-hybridized carbons (Fsp3) is 0.231. The number of nitrogens with zero attached hydrogens (tertiary/aromatic N) is 1. The second kappa shape index (κ2) is 10.8. The first-order chi connectivity index (χ1) is 17.0. The number of methoxy groups -OCH3 is 2. The third-order valence-electron chi connectivity index (χ3n) is 5.70. The maximum Gasteiger partial charge on any atom is 0.243 e. The largest absolute Gasteiger partial charge is 0.497 e. The Hall–Kier alpha value is -4.27. The van der Waals surface area contributed by atoms with Crippen LogP contribution in [0.25, 0.3) is 0 Å². The van der Waals surface area contributed by atoms with Crippen molar-refractivity contribution in [3.63, 3.8) is 0 Å². The second-order valence-electron chi connectivity index (χ2n) is 7.97. The molecule has 0 unspecified atom stereocenters. The molecule has 0 saturated carbocycles. The number of carbonyl (C=O) groups excluding carboxylic acids is 2. The third kappa shape index (κ3) is 5.63. The average Bonchev–Trinajstić information content (AvgIpc) is 3.28. The number of amides is 2. The smallest absolute Gasteiger partial charge is 0.243 e. The van der Waals surface area contributed by atoms with Crippen LogP contribution in [0.15, 0.2) is 66.7 Å². The number of hydrogen-bond donors (Lipinski definition) is 2. The normalized spacial score (nSPS) is 15.0. The highest BCUT2D eigenvalue weighted by atomic mass is 19.1. The number of hydrazine groups is 1. The molecule has 0 bridgehead atoms. The predicted molar refractivity (Wildman–Crippen MR) is 129 cm³/mol. The van der Waals surface area contributed by atoms with Crippen LogP contribution in [0.2, 0.25) is 0 Å². The minimum absolute atomic E-state index is 0.103. The van der Waals surface area contributed by atoms with E-state index in [0.29, 0.717) is 28.6 Å². The van der Waals surface area contributed by atoms with Gasteiger partial charge >= 0.3 is 0 Å². The van der Waals surface area contributed by atoms with Gasteiger partial charge in [0.05, 0.1) is 25.8 Å². The Morgan fingerprint density at radius 3 is 2.46 bits per heavy atom. The van der Waals surface area contributed by atoms with Crippen LogP contribution in [0.1, 0.15) is 12.0 Å². The number of para-hydroxylation sites is 1. The van der Waals surface area contributed by atoms with Gasteiger partial charge in [0.2, 0.25) is 11.8 Å². The van der Waals surface area contributed by atoms with E-state index in [9.17, 15) is 14.0 Å². The summed E-state index contributed by atoms with van der Waals surface area (Å²) in [6.07, 6.45) is 0.103.